The van der Waals surface area contributed by atoms with Crippen molar-refractivity contribution in [3.8, 4) is 0 Å². The van der Waals surface area contributed by atoms with Crippen LogP contribution in [0.4, 0.5) is 5.69 Å². The molecule has 0 saturated heterocycles. The molecule has 0 atom stereocenters. The summed E-state index contributed by atoms with van der Waals surface area (Å²) in [7, 11) is 2.10. The van der Waals surface area contributed by atoms with E-state index < -0.39 is 0 Å². The van der Waals surface area contributed by atoms with Gasteiger partial charge < -0.3 is 4.90 Å². The Morgan fingerprint density at radius 3 is 2.42 bits per heavy atom. The average Bonchev–Trinajstić information content (AvgIpc) is 2.41. The molecule has 100 valence electrons. The smallest absolute Gasteiger partial charge is 0.0426 e. The summed E-state index contributed by atoms with van der Waals surface area (Å²) >= 11 is 13.0. The molecular weight excluding hydrogens is 389 g/mol. The van der Waals surface area contributed by atoms with Crippen molar-refractivity contribution < 1.29 is 0 Å². The van der Waals surface area contributed by atoms with E-state index in [4.69, 9.17) is 11.6 Å². The fraction of sp³-hybridized carbons (Fsp3) is 0.200. The zero-order valence-corrected chi connectivity index (χ0v) is 14.5. The molecule has 2 aromatic carbocycles. The Kier molecular flexibility index (Phi) is 5.31. The molecule has 1 nitrogen and oxygen atoms in total. The maximum Gasteiger partial charge on any atom is 0.0426 e. The lowest BCUT2D eigenvalue weighted by Crippen LogP contribution is -2.17. The van der Waals surface area contributed by atoms with E-state index in [9.17, 15) is 0 Å². The van der Waals surface area contributed by atoms with Crippen molar-refractivity contribution in [1.29, 1.82) is 0 Å². The monoisotopic (exact) mass is 401 g/mol. The van der Waals surface area contributed by atoms with E-state index in [0.29, 0.717) is 0 Å². The first-order chi connectivity index (χ1) is 9.10. The maximum absolute atomic E-state index is 5.91. The van der Waals surface area contributed by atoms with E-state index in [2.05, 4.69) is 74.1 Å². The molecular formula is C15H14Br2ClN. The highest BCUT2D eigenvalue weighted by Gasteiger charge is 2.08. The fourth-order valence-electron chi connectivity index (χ4n) is 1.98. The number of anilines is 1. The van der Waals surface area contributed by atoms with Gasteiger partial charge in [0.15, 0.2) is 0 Å². The highest BCUT2D eigenvalue weighted by Crippen LogP contribution is 2.27. The highest BCUT2D eigenvalue weighted by atomic mass is 79.9. The predicted molar refractivity (Wildman–Crippen MR) is 90.3 cm³/mol. The quantitative estimate of drug-likeness (QED) is 0.598. The first kappa shape index (κ1) is 14.9. The van der Waals surface area contributed by atoms with Gasteiger partial charge in [-0.05, 0) is 41.5 Å². The minimum absolute atomic E-state index is 0.774. The average molecular weight is 404 g/mol. The van der Waals surface area contributed by atoms with Gasteiger partial charge in [-0.3, -0.25) is 0 Å². The van der Waals surface area contributed by atoms with Crippen LogP contribution >= 0.6 is 43.5 Å². The van der Waals surface area contributed by atoms with Crippen molar-refractivity contribution in [3.63, 3.8) is 0 Å². The zero-order chi connectivity index (χ0) is 13.8. The molecule has 0 aliphatic heterocycles. The molecule has 0 aliphatic carbocycles. The van der Waals surface area contributed by atoms with Crippen LogP contribution in [0.2, 0.25) is 5.02 Å². The van der Waals surface area contributed by atoms with Crippen molar-refractivity contribution in [2.45, 2.75) is 11.9 Å². The third kappa shape index (κ3) is 3.98. The lowest BCUT2D eigenvalue weighted by molar-refractivity contribution is 0.916. The first-order valence-corrected chi connectivity index (χ1v) is 8.19. The number of hydrogen-bond donors (Lipinski definition) is 0. The molecule has 2 rings (SSSR count). The standard InChI is InChI=1S/C15H14Br2ClN/c1-19(10-11-2-5-14(18)6-3-11)15-7-4-13(17)8-12(15)9-16/h2-8H,9-10H2,1H3. The van der Waals surface area contributed by atoms with Crippen LogP contribution in [0.1, 0.15) is 11.1 Å². The molecule has 0 aliphatic rings. The molecule has 0 saturated carbocycles. The van der Waals surface area contributed by atoms with Gasteiger partial charge in [0.25, 0.3) is 0 Å². The summed E-state index contributed by atoms with van der Waals surface area (Å²) in [6, 6.07) is 14.3. The largest absolute Gasteiger partial charge is 0.370 e. The van der Waals surface area contributed by atoms with Gasteiger partial charge in [0.05, 0.1) is 0 Å². The van der Waals surface area contributed by atoms with Crippen LogP contribution in [0.25, 0.3) is 0 Å². The third-order valence-electron chi connectivity index (χ3n) is 2.93. The number of alkyl halides is 1. The van der Waals surface area contributed by atoms with Gasteiger partial charge in [-0.1, -0.05) is 55.6 Å². The van der Waals surface area contributed by atoms with Crippen molar-refractivity contribution in [2.75, 3.05) is 11.9 Å². The number of rotatable bonds is 4. The summed E-state index contributed by atoms with van der Waals surface area (Å²) in [5.74, 6) is 0. The van der Waals surface area contributed by atoms with E-state index >= 15 is 0 Å². The highest BCUT2D eigenvalue weighted by molar-refractivity contribution is 9.10. The van der Waals surface area contributed by atoms with Gasteiger partial charge in [-0.15, -0.1) is 0 Å². The van der Waals surface area contributed by atoms with Gasteiger partial charge in [0, 0.05) is 34.1 Å². The van der Waals surface area contributed by atoms with E-state index in [1.54, 1.807) is 0 Å². The third-order valence-corrected chi connectivity index (χ3v) is 4.28. The van der Waals surface area contributed by atoms with Gasteiger partial charge in [0.1, 0.15) is 0 Å². The Morgan fingerprint density at radius 2 is 1.79 bits per heavy atom. The normalized spacial score (nSPS) is 10.5. The molecule has 4 heteroatoms. The van der Waals surface area contributed by atoms with Crippen molar-refractivity contribution in [3.05, 3.63) is 63.1 Å². The van der Waals surface area contributed by atoms with Gasteiger partial charge >= 0.3 is 0 Å². The van der Waals surface area contributed by atoms with Crippen LogP contribution in [0.15, 0.2) is 46.9 Å². The molecule has 0 heterocycles. The minimum Gasteiger partial charge on any atom is -0.370 e. The number of benzene rings is 2. The summed E-state index contributed by atoms with van der Waals surface area (Å²) in [5.41, 5.74) is 3.75. The Balaban J connectivity index is 2.19. The van der Waals surface area contributed by atoms with Gasteiger partial charge in [-0.2, -0.15) is 0 Å². The van der Waals surface area contributed by atoms with Crippen LogP contribution in [0.3, 0.4) is 0 Å². The lowest BCUT2D eigenvalue weighted by atomic mass is 10.1. The molecule has 0 unspecified atom stereocenters. The summed E-state index contributed by atoms with van der Waals surface area (Å²) in [6.45, 7) is 0.860. The first-order valence-electron chi connectivity index (χ1n) is 5.90. The van der Waals surface area contributed by atoms with Gasteiger partial charge in [-0.25, -0.2) is 0 Å². The Morgan fingerprint density at radius 1 is 1.11 bits per heavy atom. The molecule has 19 heavy (non-hydrogen) atoms. The maximum atomic E-state index is 5.91. The summed E-state index contributed by atoms with van der Waals surface area (Å²) in [6.07, 6.45) is 0. The Labute approximate surface area is 135 Å². The SMILES string of the molecule is CN(Cc1ccc(Cl)cc1)c1ccc(Br)cc1CBr. The van der Waals surface area contributed by atoms with Crippen LogP contribution in [0, 0.1) is 0 Å². The Hall–Kier alpha value is -0.510. The molecule has 0 radical (unpaired) electrons. The van der Waals surface area contributed by atoms with Crippen molar-refractivity contribution in [1.82, 2.24) is 0 Å². The number of halogens is 3. The molecule has 0 fully saturated rings. The topological polar surface area (TPSA) is 3.24 Å². The van der Waals surface area contributed by atoms with Crippen LogP contribution in [-0.4, -0.2) is 7.05 Å². The number of nitrogens with zero attached hydrogens (tertiary/aromatic N) is 1. The second-order valence-corrected chi connectivity index (χ2v) is 6.30. The molecule has 0 N–H and O–H groups in total. The summed E-state index contributed by atoms with van der Waals surface area (Å²) in [5, 5.41) is 1.61. The van der Waals surface area contributed by atoms with Crippen molar-refractivity contribution in [2.24, 2.45) is 0 Å². The minimum atomic E-state index is 0.774. The lowest BCUT2D eigenvalue weighted by Gasteiger charge is -2.22. The summed E-state index contributed by atoms with van der Waals surface area (Å²) in [4.78, 5) is 2.24. The predicted octanol–water partition coefficient (Wildman–Crippen LogP) is 5.63. The molecule has 0 amide bonds. The second-order valence-electron chi connectivity index (χ2n) is 4.39. The van der Waals surface area contributed by atoms with Crippen LogP contribution < -0.4 is 4.90 Å². The van der Waals surface area contributed by atoms with E-state index in [0.717, 1.165) is 21.4 Å². The van der Waals surface area contributed by atoms with E-state index in [1.165, 1.54) is 16.8 Å². The molecule has 0 aromatic heterocycles. The molecule has 2 aromatic rings. The number of hydrogen-bond acceptors (Lipinski definition) is 1. The van der Waals surface area contributed by atoms with Crippen LogP contribution in [0.5, 0.6) is 0 Å². The van der Waals surface area contributed by atoms with E-state index in [1.807, 2.05) is 12.1 Å². The molecule has 0 spiro atoms. The zero-order valence-electron chi connectivity index (χ0n) is 10.5. The Bertz CT molecular complexity index is 555. The fourth-order valence-corrected chi connectivity index (χ4v) is 2.97. The van der Waals surface area contributed by atoms with Crippen LogP contribution in [-0.2, 0) is 11.9 Å². The van der Waals surface area contributed by atoms with E-state index in [-0.39, 0.29) is 0 Å². The van der Waals surface area contributed by atoms with Crippen molar-refractivity contribution >= 4 is 49.1 Å². The molecule has 0 bridgehead atoms. The summed E-state index contributed by atoms with van der Waals surface area (Å²) < 4.78 is 1.10. The second kappa shape index (κ2) is 6.78. The van der Waals surface area contributed by atoms with Gasteiger partial charge in [0.2, 0.25) is 0 Å².